The van der Waals surface area contributed by atoms with E-state index in [9.17, 15) is 4.79 Å². The Morgan fingerprint density at radius 3 is 2.84 bits per heavy atom. The van der Waals surface area contributed by atoms with E-state index in [2.05, 4.69) is 21.3 Å². The number of carbonyl (C=O) groups is 1. The topological polar surface area (TPSA) is 54.5 Å². The first kappa shape index (κ1) is 17.2. The zero-order valence-electron chi connectivity index (χ0n) is 14.7. The van der Waals surface area contributed by atoms with E-state index in [1.807, 2.05) is 49.5 Å². The summed E-state index contributed by atoms with van der Waals surface area (Å²) in [6, 6.07) is 11.7. The number of benzene rings is 1. The molecule has 0 fully saturated rings. The van der Waals surface area contributed by atoms with Crippen molar-refractivity contribution in [3.05, 3.63) is 59.9 Å². The van der Waals surface area contributed by atoms with Gasteiger partial charge in [-0.15, -0.1) is 0 Å². The van der Waals surface area contributed by atoms with Gasteiger partial charge in [0.05, 0.1) is 25.0 Å². The molecule has 1 amide bonds. The second-order valence-electron chi connectivity index (χ2n) is 6.13. The fourth-order valence-corrected chi connectivity index (χ4v) is 2.99. The van der Waals surface area contributed by atoms with E-state index in [1.165, 1.54) is 5.57 Å². The van der Waals surface area contributed by atoms with Crippen molar-refractivity contribution in [3.63, 3.8) is 0 Å². The molecule has 3 rings (SSSR count). The Bertz CT molecular complexity index is 772. The first-order chi connectivity index (χ1) is 12.2. The van der Waals surface area contributed by atoms with Gasteiger partial charge < -0.3 is 10.1 Å². The number of hydrogen-bond acceptors (Lipinski definition) is 4. The minimum Gasteiger partial charge on any atom is -0.495 e. The molecular formula is C20H23N3O2. The van der Waals surface area contributed by atoms with E-state index in [-0.39, 0.29) is 5.91 Å². The highest BCUT2D eigenvalue weighted by Gasteiger charge is 2.17. The average Bonchev–Trinajstić information content (AvgIpc) is 2.65. The van der Waals surface area contributed by atoms with E-state index in [1.54, 1.807) is 7.11 Å². The van der Waals surface area contributed by atoms with Crippen molar-refractivity contribution in [2.24, 2.45) is 0 Å². The van der Waals surface area contributed by atoms with E-state index in [0.29, 0.717) is 12.3 Å². The van der Waals surface area contributed by atoms with Crippen molar-refractivity contribution in [1.29, 1.82) is 0 Å². The monoisotopic (exact) mass is 337 g/mol. The maximum absolute atomic E-state index is 12.4. The number of pyridine rings is 1. The van der Waals surface area contributed by atoms with Gasteiger partial charge in [0.2, 0.25) is 5.91 Å². The molecule has 5 nitrogen and oxygen atoms in total. The lowest BCUT2D eigenvalue weighted by Crippen LogP contribution is -2.36. The van der Waals surface area contributed by atoms with Crippen LogP contribution >= 0.6 is 0 Å². The van der Waals surface area contributed by atoms with Crippen LogP contribution in [-0.2, 0) is 4.79 Å². The van der Waals surface area contributed by atoms with Gasteiger partial charge in [-0.2, -0.15) is 0 Å². The molecule has 5 heteroatoms. The summed E-state index contributed by atoms with van der Waals surface area (Å²) in [6.45, 7) is 3.93. The molecule has 1 aromatic carbocycles. The standard InChI is InChI=1S/C20H23N3O2/c1-15-6-5-8-18(25-2)20(15)22-19(24)14-23-12-9-16(10-13-23)17-7-3-4-11-21-17/h3-9,11H,10,12-14H2,1-2H3,(H,22,24). The summed E-state index contributed by atoms with van der Waals surface area (Å²) in [5.74, 6) is 0.659. The number of methoxy groups -OCH3 is 1. The van der Waals surface area contributed by atoms with Gasteiger partial charge in [-0.3, -0.25) is 14.7 Å². The Balaban J connectivity index is 1.59. The number of para-hydroxylation sites is 1. The number of carbonyl (C=O) groups excluding carboxylic acids is 1. The molecule has 25 heavy (non-hydrogen) atoms. The molecule has 130 valence electrons. The highest BCUT2D eigenvalue weighted by molar-refractivity contribution is 5.94. The lowest BCUT2D eigenvalue weighted by atomic mass is 10.0. The molecule has 1 N–H and O–H groups in total. The van der Waals surface area contributed by atoms with Gasteiger partial charge in [-0.25, -0.2) is 0 Å². The molecule has 0 bridgehead atoms. The Morgan fingerprint density at radius 1 is 1.28 bits per heavy atom. The Hall–Kier alpha value is -2.66. The molecule has 0 radical (unpaired) electrons. The first-order valence-electron chi connectivity index (χ1n) is 8.43. The molecule has 1 aliphatic rings. The predicted octanol–water partition coefficient (Wildman–Crippen LogP) is 3.13. The van der Waals surface area contributed by atoms with E-state index in [4.69, 9.17) is 4.74 Å². The van der Waals surface area contributed by atoms with E-state index in [0.717, 1.165) is 36.5 Å². The third kappa shape index (κ3) is 4.25. The Morgan fingerprint density at radius 2 is 2.16 bits per heavy atom. The molecule has 0 saturated heterocycles. The van der Waals surface area contributed by atoms with Crippen molar-refractivity contribution in [3.8, 4) is 5.75 Å². The van der Waals surface area contributed by atoms with Crippen molar-refractivity contribution < 1.29 is 9.53 Å². The lowest BCUT2D eigenvalue weighted by Gasteiger charge is -2.25. The highest BCUT2D eigenvalue weighted by atomic mass is 16.5. The average molecular weight is 337 g/mol. The highest BCUT2D eigenvalue weighted by Crippen LogP contribution is 2.27. The fourth-order valence-electron chi connectivity index (χ4n) is 2.99. The smallest absolute Gasteiger partial charge is 0.238 e. The number of anilines is 1. The Labute approximate surface area is 148 Å². The molecule has 0 atom stereocenters. The van der Waals surface area contributed by atoms with Gasteiger partial charge in [-0.1, -0.05) is 24.3 Å². The summed E-state index contributed by atoms with van der Waals surface area (Å²) in [6.07, 6.45) is 4.87. The Kier molecular flexibility index (Phi) is 5.46. The molecule has 2 heterocycles. The minimum absolute atomic E-state index is 0.0257. The molecule has 2 aromatic rings. The molecular weight excluding hydrogens is 314 g/mol. The van der Waals surface area contributed by atoms with Gasteiger partial charge >= 0.3 is 0 Å². The van der Waals surface area contributed by atoms with Crippen molar-refractivity contribution in [2.75, 3.05) is 32.1 Å². The largest absolute Gasteiger partial charge is 0.495 e. The summed E-state index contributed by atoms with van der Waals surface area (Å²) in [5, 5.41) is 2.98. The quantitative estimate of drug-likeness (QED) is 0.911. The van der Waals surface area contributed by atoms with Crippen molar-refractivity contribution in [1.82, 2.24) is 9.88 Å². The van der Waals surface area contributed by atoms with E-state index >= 15 is 0 Å². The number of nitrogens with one attached hydrogen (secondary N) is 1. The second-order valence-corrected chi connectivity index (χ2v) is 6.13. The number of hydrogen-bond donors (Lipinski definition) is 1. The SMILES string of the molecule is COc1cccc(C)c1NC(=O)CN1CC=C(c2ccccn2)CC1. The van der Waals surface area contributed by atoms with Gasteiger partial charge in [-0.05, 0) is 42.7 Å². The lowest BCUT2D eigenvalue weighted by molar-refractivity contribution is -0.117. The van der Waals surface area contributed by atoms with Crippen LogP contribution in [0, 0.1) is 6.92 Å². The van der Waals surface area contributed by atoms with Crippen molar-refractivity contribution >= 4 is 17.2 Å². The van der Waals surface area contributed by atoms with Gasteiger partial charge in [0.25, 0.3) is 0 Å². The summed E-state index contributed by atoms with van der Waals surface area (Å²) in [7, 11) is 1.61. The van der Waals surface area contributed by atoms with Crippen molar-refractivity contribution in [2.45, 2.75) is 13.3 Å². The molecule has 1 aliphatic heterocycles. The zero-order valence-corrected chi connectivity index (χ0v) is 14.7. The van der Waals surface area contributed by atoms with Crippen LogP contribution in [0.5, 0.6) is 5.75 Å². The summed E-state index contributed by atoms with van der Waals surface area (Å²) < 4.78 is 5.34. The van der Waals surface area contributed by atoms with Crippen LogP contribution in [0.15, 0.2) is 48.7 Å². The van der Waals surface area contributed by atoms with Crippen LogP contribution < -0.4 is 10.1 Å². The minimum atomic E-state index is -0.0257. The molecule has 0 saturated carbocycles. The van der Waals surface area contributed by atoms with Gasteiger partial charge in [0, 0.05) is 19.3 Å². The third-order valence-corrected chi connectivity index (χ3v) is 4.37. The molecule has 0 spiro atoms. The second kappa shape index (κ2) is 7.94. The number of rotatable bonds is 5. The number of nitrogens with zero attached hydrogens (tertiary/aromatic N) is 2. The first-order valence-corrected chi connectivity index (χ1v) is 8.43. The maximum Gasteiger partial charge on any atom is 0.238 e. The third-order valence-electron chi connectivity index (χ3n) is 4.37. The number of ether oxygens (including phenoxy) is 1. The predicted molar refractivity (Wildman–Crippen MR) is 99.6 cm³/mol. The van der Waals surface area contributed by atoms with Crippen LogP contribution in [0.2, 0.25) is 0 Å². The van der Waals surface area contributed by atoms with E-state index < -0.39 is 0 Å². The van der Waals surface area contributed by atoms with Crippen LogP contribution in [0.1, 0.15) is 17.7 Å². The number of amides is 1. The van der Waals surface area contributed by atoms with Gasteiger partial charge in [0.1, 0.15) is 5.75 Å². The van der Waals surface area contributed by atoms with Crippen LogP contribution in [-0.4, -0.2) is 42.5 Å². The molecule has 0 aliphatic carbocycles. The van der Waals surface area contributed by atoms with Gasteiger partial charge in [0.15, 0.2) is 0 Å². The van der Waals surface area contributed by atoms with Crippen LogP contribution in [0.3, 0.4) is 0 Å². The normalized spacial score (nSPS) is 14.7. The molecule has 1 aromatic heterocycles. The fraction of sp³-hybridized carbons (Fsp3) is 0.300. The maximum atomic E-state index is 12.4. The molecule has 0 unspecified atom stereocenters. The number of aromatic nitrogens is 1. The zero-order chi connectivity index (χ0) is 17.6. The number of aryl methyl sites for hydroxylation is 1. The van der Waals surface area contributed by atoms with Crippen LogP contribution in [0.4, 0.5) is 5.69 Å². The summed E-state index contributed by atoms with van der Waals surface area (Å²) in [4.78, 5) is 18.9. The summed E-state index contributed by atoms with van der Waals surface area (Å²) >= 11 is 0. The summed E-state index contributed by atoms with van der Waals surface area (Å²) in [5.41, 5.74) is 4.01. The van der Waals surface area contributed by atoms with Crippen LogP contribution in [0.25, 0.3) is 5.57 Å².